The Morgan fingerprint density at radius 3 is 2.37 bits per heavy atom. The van der Waals surface area contributed by atoms with Crippen LogP contribution in [0.3, 0.4) is 0 Å². The van der Waals surface area contributed by atoms with Crippen molar-refractivity contribution >= 4 is 40.7 Å². The molecule has 1 aromatic heterocycles. The second-order valence-electron chi connectivity index (χ2n) is 5.74. The minimum absolute atomic E-state index is 0.231. The quantitative estimate of drug-likeness (QED) is 0.468. The van der Waals surface area contributed by atoms with E-state index in [0.717, 1.165) is 14.9 Å². The number of thiazole rings is 1. The van der Waals surface area contributed by atoms with Gasteiger partial charge in [-0.05, 0) is 41.5 Å². The molecule has 0 saturated heterocycles. The van der Waals surface area contributed by atoms with E-state index in [1.54, 1.807) is 0 Å². The minimum atomic E-state index is -0.666. The molecular weight excluding hydrogens is 302 g/mol. The molecule has 19 heavy (non-hydrogen) atoms. The minimum Gasteiger partial charge on any atom is -0.459 e. The van der Waals surface area contributed by atoms with Crippen LogP contribution < -0.4 is 0 Å². The van der Waals surface area contributed by atoms with Crippen molar-refractivity contribution < 1.29 is 9.53 Å². The molecule has 0 aliphatic rings. The zero-order chi connectivity index (χ0) is 14.8. The van der Waals surface area contributed by atoms with Crippen LogP contribution in [0.1, 0.15) is 45.2 Å². The number of halogens is 1. The predicted octanol–water partition coefficient (Wildman–Crippen LogP) is 4.40. The highest BCUT2D eigenvalue weighted by Gasteiger charge is 2.34. The van der Waals surface area contributed by atoms with Gasteiger partial charge in [-0.15, -0.1) is 22.9 Å². The van der Waals surface area contributed by atoms with Crippen molar-refractivity contribution in [3.63, 3.8) is 0 Å². The molecule has 0 bridgehead atoms. The summed E-state index contributed by atoms with van der Waals surface area (Å²) in [5.41, 5.74) is 0.456. The number of esters is 1. The number of hydrogen-bond acceptors (Lipinski definition) is 5. The standard InChI is InChI=1S/C13H20ClNO2S2/c1-8-9(7-14)18-11(15-8)19-13(5,6)10(16)17-12(2,3)4/h7H2,1-6H3. The van der Waals surface area contributed by atoms with E-state index in [4.69, 9.17) is 16.3 Å². The van der Waals surface area contributed by atoms with Gasteiger partial charge in [0.1, 0.15) is 10.3 Å². The van der Waals surface area contributed by atoms with E-state index in [-0.39, 0.29) is 5.97 Å². The molecule has 6 heteroatoms. The van der Waals surface area contributed by atoms with E-state index in [9.17, 15) is 4.79 Å². The van der Waals surface area contributed by atoms with Gasteiger partial charge in [-0.3, -0.25) is 4.79 Å². The maximum atomic E-state index is 12.2. The Hall–Kier alpha value is -0.260. The number of nitrogens with zero attached hydrogens (tertiary/aromatic N) is 1. The van der Waals surface area contributed by atoms with Gasteiger partial charge >= 0.3 is 5.97 Å². The van der Waals surface area contributed by atoms with Crippen molar-refractivity contribution in [1.29, 1.82) is 0 Å². The van der Waals surface area contributed by atoms with Gasteiger partial charge in [-0.25, -0.2) is 4.98 Å². The number of ether oxygens (including phenoxy) is 1. The van der Waals surface area contributed by atoms with Gasteiger partial charge in [0.25, 0.3) is 0 Å². The van der Waals surface area contributed by atoms with Crippen LogP contribution in [0, 0.1) is 6.92 Å². The summed E-state index contributed by atoms with van der Waals surface area (Å²) in [5.74, 6) is 0.224. The number of hydrogen-bond donors (Lipinski definition) is 0. The lowest BCUT2D eigenvalue weighted by molar-refractivity contribution is -0.156. The lowest BCUT2D eigenvalue weighted by atomic mass is 10.1. The van der Waals surface area contributed by atoms with Crippen molar-refractivity contribution in [2.24, 2.45) is 0 Å². The third kappa shape index (κ3) is 4.97. The first-order valence-electron chi connectivity index (χ1n) is 6.00. The number of thioether (sulfide) groups is 1. The van der Waals surface area contributed by atoms with Gasteiger partial charge in [0.15, 0.2) is 4.34 Å². The molecule has 0 aliphatic heterocycles. The molecule has 0 radical (unpaired) electrons. The van der Waals surface area contributed by atoms with E-state index < -0.39 is 10.3 Å². The maximum Gasteiger partial charge on any atom is 0.322 e. The molecule has 0 spiro atoms. The number of carbonyl (C=O) groups excluding carboxylic acids is 1. The Kier molecular flexibility index (Phi) is 5.32. The third-order valence-corrected chi connectivity index (χ3v) is 5.05. The third-order valence-electron chi connectivity index (χ3n) is 2.23. The highest BCUT2D eigenvalue weighted by molar-refractivity contribution is 8.03. The molecule has 108 valence electrons. The van der Waals surface area contributed by atoms with Crippen LogP contribution in [0.4, 0.5) is 0 Å². The monoisotopic (exact) mass is 321 g/mol. The summed E-state index contributed by atoms with van der Waals surface area (Å²) in [7, 11) is 0. The summed E-state index contributed by atoms with van der Waals surface area (Å²) in [6.45, 7) is 11.2. The molecular formula is C13H20ClNO2S2. The average molecular weight is 322 g/mol. The summed E-state index contributed by atoms with van der Waals surface area (Å²) >= 11 is 8.79. The van der Waals surface area contributed by atoms with Crippen molar-refractivity contribution in [1.82, 2.24) is 4.98 Å². The molecule has 0 aliphatic carbocycles. The fraction of sp³-hybridized carbons (Fsp3) is 0.692. The first kappa shape index (κ1) is 16.8. The number of alkyl halides is 1. The highest BCUT2D eigenvalue weighted by Crippen LogP contribution is 2.38. The molecule has 3 nitrogen and oxygen atoms in total. The molecule has 1 heterocycles. The lowest BCUT2D eigenvalue weighted by Gasteiger charge is -2.27. The zero-order valence-corrected chi connectivity index (χ0v) is 14.6. The van der Waals surface area contributed by atoms with Gasteiger partial charge in [0, 0.05) is 4.88 Å². The van der Waals surface area contributed by atoms with Crippen LogP contribution in [0.25, 0.3) is 0 Å². The molecule has 0 saturated carbocycles. The average Bonchev–Trinajstić information content (AvgIpc) is 2.55. The number of aromatic nitrogens is 1. The lowest BCUT2D eigenvalue weighted by Crippen LogP contribution is -2.36. The number of rotatable bonds is 4. The summed E-state index contributed by atoms with van der Waals surface area (Å²) in [6, 6.07) is 0. The van der Waals surface area contributed by atoms with Gasteiger partial charge in [-0.1, -0.05) is 11.8 Å². The van der Waals surface area contributed by atoms with Crippen LogP contribution in [0.15, 0.2) is 4.34 Å². The Bertz CT molecular complexity index is 464. The summed E-state index contributed by atoms with van der Waals surface area (Å²) < 4.78 is 5.61. The Morgan fingerprint density at radius 2 is 1.95 bits per heavy atom. The fourth-order valence-corrected chi connectivity index (χ4v) is 4.07. The SMILES string of the molecule is Cc1nc(SC(C)(C)C(=O)OC(C)(C)C)sc1CCl. The van der Waals surface area contributed by atoms with Gasteiger partial charge in [0.2, 0.25) is 0 Å². The molecule has 0 fully saturated rings. The fourth-order valence-electron chi connectivity index (χ4n) is 1.23. The topological polar surface area (TPSA) is 39.2 Å². The van der Waals surface area contributed by atoms with E-state index in [0.29, 0.717) is 5.88 Å². The van der Waals surface area contributed by atoms with E-state index in [1.165, 1.54) is 23.1 Å². The molecule has 0 amide bonds. The molecule has 0 aromatic carbocycles. The largest absolute Gasteiger partial charge is 0.459 e. The summed E-state index contributed by atoms with van der Waals surface area (Å²) in [5, 5.41) is 0. The second-order valence-corrected chi connectivity index (χ2v) is 8.96. The summed E-state index contributed by atoms with van der Waals surface area (Å²) in [6.07, 6.45) is 0. The van der Waals surface area contributed by atoms with Crippen LogP contribution in [-0.2, 0) is 15.4 Å². The molecule has 0 atom stereocenters. The summed E-state index contributed by atoms with van der Waals surface area (Å²) in [4.78, 5) is 17.6. The van der Waals surface area contributed by atoms with Crippen molar-refractivity contribution in [3.8, 4) is 0 Å². The Labute approximate surface area is 128 Å². The van der Waals surface area contributed by atoms with E-state index >= 15 is 0 Å². The van der Waals surface area contributed by atoms with Crippen LogP contribution in [-0.4, -0.2) is 21.3 Å². The van der Waals surface area contributed by atoms with Crippen LogP contribution in [0.2, 0.25) is 0 Å². The van der Waals surface area contributed by atoms with Crippen molar-refractivity contribution in [2.45, 2.75) is 62.1 Å². The Morgan fingerprint density at radius 1 is 1.37 bits per heavy atom. The first-order valence-corrected chi connectivity index (χ1v) is 8.16. The zero-order valence-electron chi connectivity index (χ0n) is 12.2. The van der Waals surface area contributed by atoms with Crippen LogP contribution >= 0.6 is 34.7 Å². The van der Waals surface area contributed by atoms with E-state index in [2.05, 4.69) is 4.98 Å². The second kappa shape index (κ2) is 6.02. The molecule has 0 unspecified atom stereocenters. The van der Waals surface area contributed by atoms with Crippen molar-refractivity contribution in [3.05, 3.63) is 10.6 Å². The van der Waals surface area contributed by atoms with E-state index in [1.807, 2.05) is 41.5 Å². The molecule has 0 N–H and O–H groups in total. The smallest absolute Gasteiger partial charge is 0.322 e. The Balaban J connectivity index is 2.80. The number of aryl methyl sites for hydroxylation is 1. The predicted molar refractivity (Wildman–Crippen MR) is 82.2 cm³/mol. The first-order chi connectivity index (χ1) is 8.55. The van der Waals surface area contributed by atoms with Crippen LogP contribution in [0.5, 0.6) is 0 Å². The van der Waals surface area contributed by atoms with Gasteiger partial charge < -0.3 is 4.74 Å². The maximum absolute atomic E-state index is 12.2. The molecule has 1 aromatic rings. The van der Waals surface area contributed by atoms with Gasteiger partial charge in [-0.2, -0.15) is 0 Å². The van der Waals surface area contributed by atoms with Crippen molar-refractivity contribution in [2.75, 3.05) is 0 Å². The van der Waals surface area contributed by atoms with Gasteiger partial charge in [0.05, 0.1) is 11.6 Å². The highest BCUT2D eigenvalue weighted by atomic mass is 35.5. The number of carbonyl (C=O) groups is 1. The normalized spacial score (nSPS) is 12.6. The molecule has 1 rings (SSSR count).